The summed E-state index contributed by atoms with van der Waals surface area (Å²) in [5.74, 6) is -0.250. The third-order valence-corrected chi connectivity index (χ3v) is 6.00. The van der Waals surface area contributed by atoms with E-state index in [0.717, 1.165) is 22.0 Å². The van der Waals surface area contributed by atoms with Crippen LogP contribution in [0.15, 0.2) is 54.7 Å². The second-order valence-corrected chi connectivity index (χ2v) is 9.31. The van der Waals surface area contributed by atoms with E-state index in [-0.39, 0.29) is 30.1 Å². The molecule has 0 aliphatic carbocycles. The second kappa shape index (κ2) is 13.0. The summed E-state index contributed by atoms with van der Waals surface area (Å²) in [5, 5.41) is 1.13. The number of ether oxygens (including phenoxy) is 1. The number of halogens is 1. The average Bonchev–Trinajstić information content (AvgIpc) is 3.25. The number of aromatic nitrogens is 1. The summed E-state index contributed by atoms with van der Waals surface area (Å²) in [6.07, 6.45) is 3.71. The summed E-state index contributed by atoms with van der Waals surface area (Å²) in [6.45, 7) is 5.85. The SMILES string of the molecule is COCCCN(CC(=O)N(CCc1c[nH]c2ccccc12)Cc1ccc(F)cc1)C(=O)CC(C)C. The number of methoxy groups -OCH3 is 1. The van der Waals surface area contributed by atoms with Gasteiger partial charge >= 0.3 is 0 Å². The highest BCUT2D eigenvalue weighted by atomic mass is 19.1. The van der Waals surface area contributed by atoms with Crippen LogP contribution in [-0.4, -0.2) is 59.9 Å². The Labute approximate surface area is 207 Å². The summed E-state index contributed by atoms with van der Waals surface area (Å²) >= 11 is 0. The Morgan fingerprint density at radius 3 is 2.46 bits per heavy atom. The van der Waals surface area contributed by atoms with Gasteiger partial charge in [0, 0.05) is 56.9 Å². The number of para-hydroxylation sites is 1. The molecule has 3 aromatic rings. The van der Waals surface area contributed by atoms with Crippen LogP contribution in [0.25, 0.3) is 10.9 Å². The number of nitrogens with one attached hydrogen (secondary N) is 1. The minimum Gasteiger partial charge on any atom is -0.385 e. The minimum atomic E-state index is -0.311. The van der Waals surface area contributed by atoms with Crippen LogP contribution >= 0.6 is 0 Å². The molecule has 2 aromatic carbocycles. The van der Waals surface area contributed by atoms with Crippen molar-refractivity contribution >= 4 is 22.7 Å². The number of aromatic amines is 1. The van der Waals surface area contributed by atoms with Gasteiger partial charge in [-0.25, -0.2) is 4.39 Å². The molecule has 0 spiro atoms. The van der Waals surface area contributed by atoms with Gasteiger partial charge in [0.1, 0.15) is 5.82 Å². The van der Waals surface area contributed by atoms with E-state index in [1.165, 1.54) is 12.1 Å². The molecule has 0 saturated carbocycles. The van der Waals surface area contributed by atoms with Crippen molar-refractivity contribution in [1.82, 2.24) is 14.8 Å². The highest BCUT2D eigenvalue weighted by Crippen LogP contribution is 2.19. The first kappa shape index (κ1) is 26.4. The number of benzene rings is 2. The van der Waals surface area contributed by atoms with Crippen molar-refractivity contribution in [3.05, 3.63) is 71.7 Å². The summed E-state index contributed by atoms with van der Waals surface area (Å²) < 4.78 is 18.6. The third kappa shape index (κ3) is 7.92. The van der Waals surface area contributed by atoms with Crippen molar-refractivity contribution in [2.45, 2.75) is 39.7 Å². The van der Waals surface area contributed by atoms with Crippen LogP contribution in [0.2, 0.25) is 0 Å². The largest absolute Gasteiger partial charge is 0.385 e. The molecule has 1 N–H and O–H groups in total. The Bertz CT molecular complexity index is 1090. The lowest BCUT2D eigenvalue weighted by Crippen LogP contribution is -2.44. The number of nitrogens with zero attached hydrogens (tertiary/aromatic N) is 2. The van der Waals surface area contributed by atoms with Crippen molar-refractivity contribution in [2.24, 2.45) is 5.92 Å². The molecule has 0 bridgehead atoms. The first-order chi connectivity index (χ1) is 16.9. The summed E-state index contributed by atoms with van der Waals surface area (Å²) in [5.41, 5.74) is 3.03. The highest BCUT2D eigenvalue weighted by molar-refractivity contribution is 5.85. The molecule has 2 amide bonds. The van der Waals surface area contributed by atoms with Gasteiger partial charge in [0.15, 0.2) is 0 Å². The lowest BCUT2D eigenvalue weighted by Gasteiger charge is -2.28. The van der Waals surface area contributed by atoms with E-state index in [2.05, 4.69) is 11.1 Å². The summed E-state index contributed by atoms with van der Waals surface area (Å²) in [6, 6.07) is 14.3. The lowest BCUT2D eigenvalue weighted by atomic mass is 10.1. The predicted molar refractivity (Wildman–Crippen MR) is 136 cm³/mol. The smallest absolute Gasteiger partial charge is 0.242 e. The van der Waals surface area contributed by atoms with Crippen LogP contribution in [0.5, 0.6) is 0 Å². The van der Waals surface area contributed by atoms with Crippen molar-refractivity contribution in [3.8, 4) is 0 Å². The number of fused-ring (bicyclic) bond motifs is 1. The van der Waals surface area contributed by atoms with Crippen molar-refractivity contribution < 1.29 is 18.7 Å². The van der Waals surface area contributed by atoms with Crippen LogP contribution in [0.4, 0.5) is 4.39 Å². The van der Waals surface area contributed by atoms with Gasteiger partial charge in [-0.1, -0.05) is 44.2 Å². The molecule has 0 aliphatic heterocycles. The molecule has 1 heterocycles. The van der Waals surface area contributed by atoms with Gasteiger partial charge in [-0.15, -0.1) is 0 Å². The summed E-state index contributed by atoms with van der Waals surface area (Å²) in [4.78, 5) is 33.0. The quantitative estimate of drug-likeness (QED) is 0.357. The highest BCUT2D eigenvalue weighted by Gasteiger charge is 2.22. The molecular weight excluding hydrogens is 445 g/mol. The monoisotopic (exact) mass is 481 g/mol. The molecule has 0 saturated heterocycles. The van der Waals surface area contributed by atoms with E-state index >= 15 is 0 Å². The number of rotatable bonds is 13. The van der Waals surface area contributed by atoms with E-state index in [9.17, 15) is 14.0 Å². The Hall–Kier alpha value is -3.19. The molecule has 0 fully saturated rings. The molecule has 0 radical (unpaired) electrons. The van der Waals surface area contributed by atoms with Crippen LogP contribution in [0.3, 0.4) is 0 Å². The average molecular weight is 482 g/mol. The molecule has 188 valence electrons. The first-order valence-electron chi connectivity index (χ1n) is 12.2. The Morgan fingerprint density at radius 1 is 1.00 bits per heavy atom. The standard InChI is InChI=1S/C28H36FN3O3/c1-21(2)17-27(33)31(14-6-16-35-3)20-28(34)32(19-22-9-11-24(29)12-10-22)15-13-23-18-30-26-8-5-4-7-25(23)26/h4-5,7-12,18,21,30H,6,13-17,19-20H2,1-3H3. The Balaban J connectivity index is 1.76. The Morgan fingerprint density at radius 2 is 1.74 bits per heavy atom. The molecule has 3 rings (SSSR count). The predicted octanol–water partition coefficient (Wildman–Crippen LogP) is 4.79. The fraction of sp³-hybridized carbons (Fsp3) is 0.429. The molecule has 6 nitrogen and oxygen atoms in total. The van der Waals surface area contributed by atoms with Crippen LogP contribution in [0.1, 0.15) is 37.8 Å². The van der Waals surface area contributed by atoms with Crippen molar-refractivity contribution in [2.75, 3.05) is 33.4 Å². The zero-order valence-electron chi connectivity index (χ0n) is 20.9. The lowest BCUT2D eigenvalue weighted by molar-refractivity contribution is -0.141. The second-order valence-electron chi connectivity index (χ2n) is 9.31. The number of H-pyrrole nitrogens is 1. The van der Waals surface area contributed by atoms with Gasteiger partial charge in [0.25, 0.3) is 0 Å². The van der Waals surface area contributed by atoms with Crippen molar-refractivity contribution in [1.29, 1.82) is 0 Å². The van der Waals surface area contributed by atoms with Gasteiger partial charge in [-0.2, -0.15) is 0 Å². The maximum absolute atomic E-state index is 13.5. The molecule has 7 heteroatoms. The molecule has 1 aromatic heterocycles. The first-order valence-corrected chi connectivity index (χ1v) is 12.2. The van der Waals surface area contributed by atoms with Gasteiger partial charge < -0.3 is 19.5 Å². The molecule has 0 unspecified atom stereocenters. The van der Waals surface area contributed by atoms with Gasteiger partial charge in [0.05, 0.1) is 6.54 Å². The molecule has 0 atom stereocenters. The number of carbonyl (C=O) groups is 2. The number of amides is 2. The molecule has 35 heavy (non-hydrogen) atoms. The molecular formula is C28H36FN3O3. The van der Waals surface area contributed by atoms with Crippen LogP contribution < -0.4 is 0 Å². The normalized spacial score (nSPS) is 11.2. The van der Waals surface area contributed by atoms with E-state index < -0.39 is 0 Å². The zero-order valence-corrected chi connectivity index (χ0v) is 20.9. The zero-order chi connectivity index (χ0) is 25.2. The Kier molecular flexibility index (Phi) is 9.85. The van der Waals surface area contributed by atoms with Crippen LogP contribution in [0, 0.1) is 11.7 Å². The van der Waals surface area contributed by atoms with E-state index in [4.69, 9.17) is 4.74 Å². The minimum absolute atomic E-state index is 0.0182. The van der Waals surface area contributed by atoms with Crippen molar-refractivity contribution in [3.63, 3.8) is 0 Å². The number of hydrogen-bond donors (Lipinski definition) is 1. The maximum atomic E-state index is 13.5. The van der Waals surface area contributed by atoms with Gasteiger partial charge in [-0.3, -0.25) is 9.59 Å². The fourth-order valence-electron chi connectivity index (χ4n) is 4.13. The van der Waals surface area contributed by atoms with Gasteiger partial charge in [-0.05, 0) is 48.1 Å². The maximum Gasteiger partial charge on any atom is 0.242 e. The number of hydrogen-bond acceptors (Lipinski definition) is 3. The third-order valence-electron chi connectivity index (χ3n) is 6.00. The number of carbonyl (C=O) groups excluding carboxylic acids is 2. The van der Waals surface area contributed by atoms with E-state index in [1.54, 1.807) is 29.0 Å². The van der Waals surface area contributed by atoms with E-state index in [1.807, 2.05) is 38.2 Å². The molecule has 0 aliphatic rings. The van der Waals surface area contributed by atoms with E-state index in [0.29, 0.717) is 45.5 Å². The topological polar surface area (TPSA) is 65.6 Å². The van der Waals surface area contributed by atoms with Crippen LogP contribution in [-0.2, 0) is 27.3 Å². The summed E-state index contributed by atoms with van der Waals surface area (Å²) in [7, 11) is 1.63. The fourth-order valence-corrected chi connectivity index (χ4v) is 4.13. The van der Waals surface area contributed by atoms with Gasteiger partial charge in [0.2, 0.25) is 11.8 Å².